The summed E-state index contributed by atoms with van der Waals surface area (Å²) in [5.41, 5.74) is 1.12. The fourth-order valence-electron chi connectivity index (χ4n) is 2.76. The molecule has 0 aliphatic carbocycles. The van der Waals surface area contributed by atoms with Gasteiger partial charge in [0.15, 0.2) is 0 Å². The lowest BCUT2D eigenvalue weighted by molar-refractivity contribution is 0.143. The third-order valence-corrected chi connectivity index (χ3v) is 5.55. The monoisotopic (exact) mass is 394 g/mol. The first-order valence-electron chi connectivity index (χ1n) is 8.18. The maximum Gasteiger partial charge on any atom is 0.414 e. The predicted molar refractivity (Wildman–Crippen MR) is 96.9 cm³/mol. The summed E-state index contributed by atoms with van der Waals surface area (Å²) in [6.07, 6.45) is -1.36. The molecular formula is C18H19FN2O5S. The summed E-state index contributed by atoms with van der Waals surface area (Å²) in [6, 6.07) is 10.4. The molecule has 7 nitrogen and oxygen atoms in total. The van der Waals surface area contributed by atoms with E-state index in [-0.39, 0.29) is 23.7 Å². The van der Waals surface area contributed by atoms with Crippen LogP contribution in [-0.4, -0.2) is 40.8 Å². The minimum atomic E-state index is -3.86. The highest BCUT2D eigenvalue weighted by Crippen LogP contribution is 2.25. The maximum atomic E-state index is 13.4. The SMILES string of the molecule is COc1ccc(C)cc1S(=O)(=O)NCC1CN(c2cccc(F)c2)C(=O)O1. The van der Waals surface area contributed by atoms with Crippen molar-refractivity contribution in [2.45, 2.75) is 17.9 Å². The normalized spacial score (nSPS) is 17.1. The Hall–Kier alpha value is -2.65. The summed E-state index contributed by atoms with van der Waals surface area (Å²) in [4.78, 5) is 13.3. The number of hydrogen-bond donors (Lipinski definition) is 1. The molecule has 1 N–H and O–H groups in total. The first-order valence-corrected chi connectivity index (χ1v) is 9.66. The van der Waals surface area contributed by atoms with E-state index in [2.05, 4.69) is 4.72 Å². The van der Waals surface area contributed by atoms with E-state index >= 15 is 0 Å². The van der Waals surface area contributed by atoms with Crippen molar-refractivity contribution in [3.05, 3.63) is 53.8 Å². The number of benzene rings is 2. The van der Waals surface area contributed by atoms with Gasteiger partial charge < -0.3 is 9.47 Å². The molecule has 9 heteroatoms. The van der Waals surface area contributed by atoms with Crippen LogP contribution in [0.1, 0.15) is 5.56 Å². The number of methoxy groups -OCH3 is 1. The quantitative estimate of drug-likeness (QED) is 0.814. The van der Waals surface area contributed by atoms with Gasteiger partial charge in [0.05, 0.1) is 19.3 Å². The average Bonchev–Trinajstić information content (AvgIpc) is 3.01. The average molecular weight is 394 g/mol. The molecule has 144 valence electrons. The van der Waals surface area contributed by atoms with Gasteiger partial charge in [-0.1, -0.05) is 12.1 Å². The van der Waals surface area contributed by atoms with Crippen LogP contribution in [0.2, 0.25) is 0 Å². The molecule has 1 amide bonds. The highest BCUT2D eigenvalue weighted by Gasteiger charge is 2.33. The molecule has 1 aliphatic heterocycles. The molecule has 0 aromatic heterocycles. The van der Waals surface area contributed by atoms with Crippen LogP contribution in [0, 0.1) is 12.7 Å². The smallest absolute Gasteiger partial charge is 0.414 e. The molecule has 1 aliphatic rings. The summed E-state index contributed by atoms with van der Waals surface area (Å²) in [7, 11) is -2.48. The Morgan fingerprint density at radius 2 is 2.07 bits per heavy atom. The molecule has 1 saturated heterocycles. The number of halogens is 1. The van der Waals surface area contributed by atoms with Crippen molar-refractivity contribution in [2.75, 3.05) is 25.1 Å². The van der Waals surface area contributed by atoms with Crippen LogP contribution in [0.3, 0.4) is 0 Å². The lowest BCUT2D eigenvalue weighted by atomic mass is 10.2. The Bertz CT molecular complexity index is 964. The van der Waals surface area contributed by atoms with Gasteiger partial charge in [0, 0.05) is 6.54 Å². The van der Waals surface area contributed by atoms with Crippen molar-refractivity contribution < 1.29 is 27.1 Å². The van der Waals surface area contributed by atoms with Gasteiger partial charge in [-0.25, -0.2) is 22.3 Å². The summed E-state index contributed by atoms with van der Waals surface area (Å²) in [5.74, 6) is -0.256. The van der Waals surface area contributed by atoms with Crippen molar-refractivity contribution in [3.63, 3.8) is 0 Å². The van der Waals surface area contributed by atoms with E-state index in [0.717, 1.165) is 5.56 Å². The van der Waals surface area contributed by atoms with Crippen LogP contribution >= 0.6 is 0 Å². The molecule has 2 aromatic carbocycles. The second kappa shape index (κ2) is 7.53. The van der Waals surface area contributed by atoms with Crippen LogP contribution in [0.15, 0.2) is 47.4 Å². The Morgan fingerprint density at radius 1 is 1.30 bits per heavy atom. The molecule has 1 heterocycles. The van der Waals surface area contributed by atoms with E-state index in [1.165, 1.54) is 36.3 Å². The van der Waals surface area contributed by atoms with Crippen molar-refractivity contribution in [3.8, 4) is 5.75 Å². The molecular weight excluding hydrogens is 375 g/mol. The summed E-state index contributed by atoms with van der Waals surface area (Å²) >= 11 is 0. The molecule has 1 fully saturated rings. The van der Waals surface area contributed by atoms with E-state index in [1.54, 1.807) is 25.1 Å². The number of rotatable bonds is 6. The van der Waals surface area contributed by atoms with Gasteiger partial charge in [0.25, 0.3) is 0 Å². The van der Waals surface area contributed by atoms with Crippen LogP contribution in [0.25, 0.3) is 0 Å². The molecule has 0 bridgehead atoms. The van der Waals surface area contributed by atoms with Crippen LogP contribution < -0.4 is 14.4 Å². The van der Waals surface area contributed by atoms with Crippen LogP contribution in [0.4, 0.5) is 14.9 Å². The third-order valence-electron chi connectivity index (χ3n) is 4.10. The number of ether oxygens (including phenoxy) is 2. The minimum Gasteiger partial charge on any atom is -0.495 e. The number of carbonyl (C=O) groups excluding carboxylic acids is 1. The van der Waals surface area contributed by atoms with Crippen molar-refractivity contribution >= 4 is 21.8 Å². The second-order valence-corrected chi connectivity index (χ2v) is 7.84. The van der Waals surface area contributed by atoms with Crippen molar-refractivity contribution in [1.82, 2.24) is 4.72 Å². The maximum absolute atomic E-state index is 13.4. The molecule has 1 atom stereocenters. The van der Waals surface area contributed by atoms with Gasteiger partial charge in [0.1, 0.15) is 22.6 Å². The number of nitrogens with zero attached hydrogens (tertiary/aromatic N) is 1. The molecule has 3 rings (SSSR count). The molecule has 1 unspecified atom stereocenters. The standard InChI is InChI=1S/C18H19FN2O5S/c1-12-6-7-16(25-2)17(8-12)27(23,24)20-10-15-11-21(18(22)26-15)14-5-3-4-13(19)9-14/h3-9,15,20H,10-11H2,1-2H3. The Morgan fingerprint density at radius 3 is 2.78 bits per heavy atom. The lowest BCUT2D eigenvalue weighted by Crippen LogP contribution is -2.34. The van der Waals surface area contributed by atoms with Gasteiger partial charge in [-0.05, 0) is 42.8 Å². The highest BCUT2D eigenvalue weighted by atomic mass is 32.2. The summed E-state index contributed by atoms with van der Waals surface area (Å²) in [6.45, 7) is 1.76. The second-order valence-electron chi connectivity index (χ2n) is 6.10. The zero-order chi connectivity index (χ0) is 19.6. The van der Waals surface area contributed by atoms with Gasteiger partial charge in [-0.3, -0.25) is 4.90 Å². The van der Waals surface area contributed by atoms with E-state index in [0.29, 0.717) is 5.69 Å². The molecule has 2 aromatic rings. The van der Waals surface area contributed by atoms with E-state index in [4.69, 9.17) is 9.47 Å². The number of hydrogen-bond acceptors (Lipinski definition) is 5. The number of cyclic esters (lactones) is 1. The van der Waals surface area contributed by atoms with E-state index < -0.39 is 28.0 Å². The minimum absolute atomic E-state index is 0.0105. The number of anilines is 1. The van der Waals surface area contributed by atoms with Gasteiger partial charge in [0.2, 0.25) is 10.0 Å². The van der Waals surface area contributed by atoms with Crippen LogP contribution in [0.5, 0.6) is 5.75 Å². The van der Waals surface area contributed by atoms with Gasteiger partial charge in [-0.2, -0.15) is 0 Å². The first-order chi connectivity index (χ1) is 12.8. The number of nitrogens with one attached hydrogen (secondary N) is 1. The Balaban J connectivity index is 1.70. The lowest BCUT2D eigenvalue weighted by Gasteiger charge is -2.14. The Labute approximate surface area is 156 Å². The Kier molecular flexibility index (Phi) is 5.33. The summed E-state index contributed by atoms with van der Waals surface area (Å²) in [5, 5.41) is 0. The number of aryl methyl sites for hydroxylation is 1. The van der Waals surface area contributed by atoms with Crippen molar-refractivity contribution in [2.24, 2.45) is 0 Å². The fraction of sp³-hybridized carbons (Fsp3) is 0.278. The highest BCUT2D eigenvalue weighted by molar-refractivity contribution is 7.89. The number of amides is 1. The van der Waals surface area contributed by atoms with E-state index in [9.17, 15) is 17.6 Å². The zero-order valence-electron chi connectivity index (χ0n) is 14.8. The third kappa shape index (κ3) is 4.20. The van der Waals surface area contributed by atoms with E-state index in [1.807, 2.05) is 0 Å². The number of carbonyl (C=O) groups is 1. The predicted octanol–water partition coefficient (Wildman–Crippen LogP) is 2.45. The molecule has 0 saturated carbocycles. The molecule has 0 radical (unpaired) electrons. The summed E-state index contributed by atoms with van der Waals surface area (Å²) < 4.78 is 51.3. The fourth-order valence-corrected chi connectivity index (χ4v) is 4.08. The number of sulfonamides is 1. The topological polar surface area (TPSA) is 84.9 Å². The first kappa shape index (κ1) is 19.1. The van der Waals surface area contributed by atoms with Gasteiger partial charge in [-0.15, -0.1) is 0 Å². The van der Waals surface area contributed by atoms with Crippen LogP contribution in [-0.2, 0) is 14.8 Å². The van der Waals surface area contributed by atoms with Gasteiger partial charge >= 0.3 is 6.09 Å². The molecule has 27 heavy (non-hydrogen) atoms. The zero-order valence-corrected chi connectivity index (χ0v) is 15.6. The largest absolute Gasteiger partial charge is 0.495 e. The molecule has 0 spiro atoms. The van der Waals surface area contributed by atoms with Crippen molar-refractivity contribution in [1.29, 1.82) is 0 Å².